The lowest BCUT2D eigenvalue weighted by Crippen LogP contribution is -2.54. The van der Waals surface area contributed by atoms with E-state index in [-0.39, 0.29) is 11.8 Å². The number of fused-ring (bicyclic) bond motifs is 1. The number of nitrogens with two attached hydrogens (primary N) is 2. The summed E-state index contributed by atoms with van der Waals surface area (Å²) in [6, 6.07) is 15.8. The van der Waals surface area contributed by atoms with Crippen molar-refractivity contribution < 1.29 is 19.1 Å². The quantitative estimate of drug-likeness (QED) is 0.360. The second kappa shape index (κ2) is 10.4. The Morgan fingerprint density at radius 1 is 1.11 bits per heavy atom. The normalized spacial score (nSPS) is 16.8. The number of nitrogen functional groups attached to an aromatic ring is 1. The lowest BCUT2D eigenvalue weighted by Gasteiger charge is -2.38. The number of esters is 1. The number of carbonyl (C=O) groups is 2. The number of hydrogen-bond donors (Lipinski definition) is 2. The van der Waals surface area contributed by atoms with E-state index in [1.54, 1.807) is 19.2 Å². The lowest BCUT2D eigenvalue weighted by molar-refractivity contribution is 0.00688. The highest BCUT2D eigenvalue weighted by atomic mass is 32.1. The van der Waals surface area contributed by atoms with Gasteiger partial charge in [-0.2, -0.15) is 0 Å². The van der Waals surface area contributed by atoms with Crippen molar-refractivity contribution in [1.29, 1.82) is 0 Å². The molecule has 4 N–H and O–H groups in total. The summed E-state index contributed by atoms with van der Waals surface area (Å²) < 4.78 is 10.9. The minimum atomic E-state index is -0.786. The maximum atomic E-state index is 13.4. The van der Waals surface area contributed by atoms with Crippen molar-refractivity contribution in [2.75, 3.05) is 12.8 Å². The van der Waals surface area contributed by atoms with Gasteiger partial charge in [0.05, 0.1) is 18.7 Å². The number of ketones is 1. The van der Waals surface area contributed by atoms with Gasteiger partial charge in [-0.1, -0.05) is 42.5 Å². The molecule has 0 amide bonds. The summed E-state index contributed by atoms with van der Waals surface area (Å²) in [5.74, 6) is 0.203. The van der Waals surface area contributed by atoms with Gasteiger partial charge in [-0.05, 0) is 50.5 Å². The predicted octanol–water partition coefficient (Wildman–Crippen LogP) is 4.43. The molecule has 2 atom stereocenters. The van der Waals surface area contributed by atoms with Gasteiger partial charge in [0.25, 0.3) is 0 Å². The van der Waals surface area contributed by atoms with Crippen LogP contribution in [-0.2, 0) is 24.2 Å². The molecule has 4 rings (SSSR count). The second-order valence-electron chi connectivity index (χ2n) is 10.0. The van der Waals surface area contributed by atoms with Crippen molar-refractivity contribution >= 4 is 28.1 Å². The van der Waals surface area contributed by atoms with Crippen molar-refractivity contribution in [1.82, 2.24) is 4.90 Å². The first-order chi connectivity index (χ1) is 17.1. The first-order valence-electron chi connectivity index (χ1n) is 11.9. The summed E-state index contributed by atoms with van der Waals surface area (Å²) in [5, 5.41) is 0.433. The van der Waals surface area contributed by atoms with Gasteiger partial charge >= 0.3 is 5.97 Å². The molecule has 8 heteroatoms. The Bertz CT molecular complexity index is 1230. The fourth-order valence-corrected chi connectivity index (χ4v) is 5.65. The molecule has 2 aromatic carbocycles. The number of ether oxygens (including phenoxy) is 2. The molecule has 0 spiro atoms. The van der Waals surface area contributed by atoms with Crippen LogP contribution in [0.3, 0.4) is 0 Å². The number of methoxy groups -OCH3 is 1. The van der Waals surface area contributed by atoms with Crippen LogP contribution in [0.25, 0.3) is 0 Å². The first kappa shape index (κ1) is 25.9. The number of carbonyl (C=O) groups excluding carboxylic acids is 2. The smallest absolute Gasteiger partial charge is 0.341 e. The molecular formula is C28H33N3O4S. The topological polar surface area (TPSA) is 108 Å². The van der Waals surface area contributed by atoms with E-state index in [0.29, 0.717) is 35.6 Å². The van der Waals surface area contributed by atoms with Gasteiger partial charge in [0.15, 0.2) is 5.78 Å². The van der Waals surface area contributed by atoms with Gasteiger partial charge in [0.2, 0.25) is 0 Å². The fraction of sp³-hybridized carbons (Fsp3) is 0.357. The summed E-state index contributed by atoms with van der Waals surface area (Å²) in [6.07, 6.45) is 0.424. The molecule has 2 unspecified atom stereocenters. The van der Waals surface area contributed by atoms with Crippen LogP contribution in [-0.4, -0.2) is 41.4 Å². The number of thiophene rings is 1. The molecule has 0 aliphatic carbocycles. The van der Waals surface area contributed by atoms with E-state index < -0.39 is 17.6 Å². The molecule has 1 aromatic heterocycles. The number of nitrogens with zero attached hydrogens (tertiary/aromatic N) is 1. The van der Waals surface area contributed by atoms with E-state index >= 15 is 0 Å². The number of anilines is 1. The standard InChI is InChI=1S/C28H33N3O4S/c1-28(2,3)35-27(33)23-20-14-21(24(29)25(32)18-8-6-5-7-9-18)31(16-22(20)36-26(23)30)15-17-10-12-19(34-4)13-11-17/h5-13,21,24H,14-16,29-30H2,1-4H3. The molecule has 1 aliphatic heterocycles. The Morgan fingerprint density at radius 2 is 1.78 bits per heavy atom. The van der Waals surface area contributed by atoms with Crippen molar-refractivity contribution in [3.05, 3.63) is 81.7 Å². The first-order valence-corrected chi connectivity index (χ1v) is 12.7. The fourth-order valence-electron chi connectivity index (χ4n) is 4.53. The van der Waals surface area contributed by atoms with E-state index in [4.69, 9.17) is 20.9 Å². The Hall–Kier alpha value is -3.20. The highest BCUT2D eigenvalue weighted by molar-refractivity contribution is 7.16. The number of Topliss-reactive ketones (excluding diaryl/α,β-unsaturated/α-hetero) is 1. The molecule has 0 radical (unpaired) electrons. The van der Waals surface area contributed by atoms with Crippen LogP contribution in [0.4, 0.5) is 5.00 Å². The molecule has 1 aliphatic rings. The third kappa shape index (κ3) is 5.61. The molecule has 0 fully saturated rings. The van der Waals surface area contributed by atoms with Gasteiger partial charge in [-0.25, -0.2) is 4.79 Å². The largest absolute Gasteiger partial charge is 0.497 e. The maximum absolute atomic E-state index is 13.4. The van der Waals surface area contributed by atoms with E-state index in [0.717, 1.165) is 21.8 Å². The van der Waals surface area contributed by atoms with Gasteiger partial charge in [0.1, 0.15) is 16.4 Å². The second-order valence-corrected chi connectivity index (χ2v) is 11.2. The van der Waals surface area contributed by atoms with Gasteiger partial charge in [0, 0.05) is 29.6 Å². The van der Waals surface area contributed by atoms with Crippen LogP contribution in [0, 0.1) is 0 Å². The molecule has 36 heavy (non-hydrogen) atoms. The number of hydrogen-bond acceptors (Lipinski definition) is 8. The van der Waals surface area contributed by atoms with Crippen molar-refractivity contribution in [3.63, 3.8) is 0 Å². The van der Waals surface area contributed by atoms with Gasteiger partial charge in [-0.15, -0.1) is 11.3 Å². The molecular weight excluding hydrogens is 474 g/mol. The summed E-state index contributed by atoms with van der Waals surface area (Å²) in [4.78, 5) is 29.6. The summed E-state index contributed by atoms with van der Waals surface area (Å²) in [5.41, 5.74) is 15.2. The molecule has 7 nitrogen and oxygen atoms in total. The Kier molecular flexibility index (Phi) is 7.49. The SMILES string of the molecule is COc1ccc(CN2Cc3sc(N)c(C(=O)OC(C)(C)C)c3CC2C(N)C(=O)c2ccccc2)cc1. The highest BCUT2D eigenvalue weighted by Gasteiger charge is 2.39. The van der Waals surface area contributed by atoms with Gasteiger partial charge in [-0.3, -0.25) is 9.69 Å². The van der Waals surface area contributed by atoms with Crippen molar-refractivity contribution in [2.45, 2.75) is 58.0 Å². The Balaban J connectivity index is 1.69. The van der Waals surface area contributed by atoms with Crippen LogP contribution in [0.2, 0.25) is 0 Å². The van der Waals surface area contributed by atoms with Crippen molar-refractivity contribution in [3.8, 4) is 5.75 Å². The molecule has 190 valence electrons. The third-order valence-electron chi connectivity index (χ3n) is 6.27. The van der Waals surface area contributed by atoms with Crippen LogP contribution >= 0.6 is 11.3 Å². The van der Waals surface area contributed by atoms with E-state index in [1.165, 1.54) is 11.3 Å². The summed E-state index contributed by atoms with van der Waals surface area (Å²) in [6.45, 7) is 6.60. The highest BCUT2D eigenvalue weighted by Crippen LogP contribution is 2.39. The predicted molar refractivity (Wildman–Crippen MR) is 142 cm³/mol. The minimum absolute atomic E-state index is 0.134. The van der Waals surface area contributed by atoms with E-state index in [2.05, 4.69) is 4.90 Å². The Labute approximate surface area is 216 Å². The van der Waals surface area contributed by atoms with Gasteiger partial charge < -0.3 is 20.9 Å². The molecule has 0 bridgehead atoms. The van der Waals surface area contributed by atoms with Crippen molar-refractivity contribution in [2.24, 2.45) is 5.73 Å². The zero-order valence-corrected chi connectivity index (χ0v) is 21.9. The van der Waals surface area contributed by atoms with E-state index in [1.807, 2.05) is 63.2 Å². The number of rotatable bonds is 7. The Morgan fingerprint density at radius 3 is 2.39 bits per heavy atom. The lowest BCUT2D eigenvalue weighted by atomic mass is 9.88. The third-order valence-corrected chi connectivity index (χ3v) is 7.32. The maximum Gasteiger partial charge on any atom is 0.341 e. The van der Waals surface area contributed by atoms with Crippen LogP contribution in [0.15, 0.2) is 54.6 Å². The van der Waals surface area contributed by atoms with Crippen LogP contribution in [0.1, 0.15) is 57.5 Å². The average Bonchev–Trinajstić information content (AvgIpc) is 3.17. The van der Waals surface area contributed by atoms with Crippen LogP contribution < -0.4 is 16.2 Å². The average molecular weight is 508 g/mol. The van der Waals surface area contributed by atoms with Crippen LogP contribution in [0.5, 0.6) is 5.75 Å². The molecule has 2 heterocycles. The molecule has 0 saturated heterocycles. The monoisotopic (exact) mass is 507 g/mol. The zero-order valence-electron chi connectivity index (χ0n) is 21.1. The zero-order chi connectivity index (χ0) is 26.0. The van der Waals surface area contributed by atoms with E-state index in [9.17, 15) is 9.59 Å². The summed E-state index contributed by atoms with van der Waals surface area (Å²) >= 11 is 1.40. The molecule has 0 saturated carbocycles. The summed E-state index contributed by atoms with van der Waals surface area (Å²) in [7, 11) is 1.63. The molecule has 3 aromatic rings. The minimum Gasteiger partial charge on any atom is -0.497 e. The number of benzene rings is 2.